The van der Waals surface area contributed by atoms with Crippen LogP contribution in [-0.4, -0.2) is 62.3 Å². The van der Waals surface area contributed by atoms with Crippen molar-refractivity contribution in [1.82, 2.24) is 15.2 Å². The topological polar surface area (TPSA) is 66.7 Å². The Hall–Kier alpha value is -1.53. The molecule has 3 heterocycles. The van der Waals surface area contributed by atoms with E-state index in [1.807, 2.05) is 6.07 Å². The molecule has 2 aliphatic rings. The Labute approximate surface area is 126 Å². The number of nitrogens with two attached hydrogens (primary N) is 1. The summed E-state index contributed by atoms with van der Waals surface area (Å²) in [4.78, 5) is 9.41. The monoisotopic (exact) mass is 291 g/mol. The van der Waals surface area contributed by atoms with Gasteiger partial charge < -0.3 is 20.7 Å². The number of piperazine rings is 1. The van der Waals surface area contributed by atoms with E-state index >= 15 is 0 Å². The fourth-order valence-corrected chi connectivity index (χ4v) is 3.33. The molecular formula is C15H25N5O. The van der Waals surface area contributed by atoms with Crippen molar-refractivity contribution in [1.29, 1.82) is 0 Å². The van der Waals surface area contributed by atoms with Crippen LogP contribution in [0.1, 0.15) is 12.8 Å². The minimum absolute atomic E-state index is 0.645. The summed E-state index contributed by atoms with van der Waals surface area (Å²) < 4.78 is 5.42. The van der Waals surface area contributed by atoms with Gasteiger partial charge in [-0.2, -0.15) is 0 Å². The summed E-state index contributed by atoms with van der Waals surface area (Å²) in [5, 5.41) is 3.42. The summed E-state index contributed by atoms with van der Waals surface area (Å²) in [6, 6.07) is 2.56. The maximum atomic E-state index is 5.78. The van der Waals surface area contributed by atoms with E-state index in [1.54, 1.807) is 13.3 Å². The van der Waals surface area contributed by atoms with Crippen molar-refractivity contribution in [3.63, 3.8) is 0 Å². The number of hydrogen-bond acceptors (Lipinski definition) is 6. The lowest BCUT2D eigenvalue weighted by Crippen LogP contribution is -2.52. The number of pyridine rings is 1. The molecule has 0 amide bonds. The van der Waals surface area contributed by atoms with Gasteiger partial charge in [0.1, 0.15) is 0 Å². The molecule has 1 aromatic heterocycles. The number of nitrogens with one attached hydrogen (secondary N) is 1. The van der Waals surface area contributed by atoms with Crippen LogP contribution in [0.2, 0.25) is 0 Å². The van der Waals surface area contributed by atoms with E-state index in [1.165, 1.54) is 25.9 Å². The molecule has 0 saturated carbocycles. The van der Waals surface area contributed by atoms with Crippen LogP contribution in [0.25, 0.3) is 0 Å². The second-order valence-electron chi connectivity index (χ2n) is 5.80. The number of nitrogen functional groups attached to an aromatic ring is 1. The molecule has 3 rings (SSSR count). The first-order valence-corrected chi connectivity index (χ1v) is 7.77. The van der Waals surface area contributed by atoms with Crippen LogP contribution in [0.5, 0.6) is 5.75 Å². The van der Waals surface area contributed by atoms with E-state index in [0.717, 1.165) is 37.7 Å². The smallest absolute Gasteiger partial charge is 0.171 e. The fourth-order valence-electron chi connectivity index (χ4n) is 3.33. The number of anilines is 2. The van der Waals surface area contributed by atoms with Gasteiger partial charge in [-0.25, -0.2) is 4.98 Å². The molecule has 0 bridgehead atoms. The molecule has 3 N–H and O–H groups in total. The van der Waals surface area contributed by atoms with Crippen molar-refractivity contribution in [2.24, 2.45) is 0 Å². The van der Waals surface area contributed by atoms with Gasteiger partial charge in [0.25, 0.3) is 0 Å². The van der Waals surface area contributed by atoms with E-state index in [9.17, 15) is 0 Å². The third kappa shape index (κ3) is 3.22. The predicted molar refractivity (Wildman–Crippen MR) is 84.9 cm³/mol. The summed E-state index contributed by atoms with van der Waals surface area (Å²) in [5.41, 5.74) is 6.42. The first kappa shape index (κ1) is 14.4. The molecule has 0 aliphatic carbocycles. The lowest BCUT2D eigenvalue weighted by atomic mass is 10.0. The third-order valence-electron chi connectivity index (χ3n) is 4.51. The van der Waals surface area contributed by atoms with Gasteiger partial charge >= 0.3 is 0 Å². The first-order chi connectivity index (χ1) is 10.3. The molecule has 0 aromatic carbocycles. The highest BCUT2D eigenvalue weighted by atomic mass is 16.5. The minimum atomic E-state index is 0.645. The average molecular weight is 291 g/mol. The number of nitrogens with zero attached hydrogens (tertiary/aromatic N) is 3. The molecule has 2 aliphatic heterocycles. The molecule has 6 nitrogen and oxygen atoms in total. The van der Waals surface area contributed by atoms with Gasteiger partial charge in [-0.05, 0) is 12.8 Å². The van der Waals surface area contributed by atoms with Crippen molar-refractivity contribution in [2.75, 3.05) is 57.0 Å². The maximum absolute atomic E-state index is 5.78. The summed E-state index contributed by atoms with van der Waals surface area (Å²) >= 11 is 0. The molecule has 2 fully saturated rings. The van der Waals surface area contributed by atoms with E-state index in [4.69, 9.17) is 10.5 Å². The van der Waals surface area contributed by atoms with Crippen molar-refractivity contribution in [3.05, 3.63) is 12.3 Å². The van der Waals surface area contributed by atoms with Crippen LogP contribution in [-0.2, 0) is 0 Å². The quantitative estimate of drug-likeness (QED) is 0.847. The van der Waals surface area contributed by atoms with E-state index in [2.05, 4.69) is 20.1 Å². The van der Waals surface area contributed by atoms with Crippen molar-refractivity contribution < 1.29 is 4.74 Å². The number of hydrogen-bond donors (Lipinski definition) is 2. The number of piperidine rings is 1. The Bertz CT molecular complexity index is 467. The molecule has 21 heavy (non-hydrogen) atoms. The van der Waals surface area contributed by atoms with Gasteiger partial charge in [0.2, 0.25) is 0 Å². The largest absolute Gasteiger partial charge is 0.493 e. The lowest BCUT2D eigenvalue weighted by Gasteiger charge is -2.40. The van der Waals surface area contributed by atoms with Crippen LogP contribution >= 0.6 is 0 Å². The zero-order valence-corrected chi connectivity index (χ0v) is 12.7. The number of ether oxygens (including phenoxy) is 1. The molecule has 1 aromatic rings. The summed E-state index contributed by atoms with van der Waals surface area (Å²) in [6.45, 7) is 6.65. The SMILES string of the molecule is COc1cc(N)cnc1N1CCC(N2CCNCC2)CC1. The number of aromatic nitrogens is 1. The normalized spacial score (nSPS) is 21.5. The summed E-state index contributed by atoms with van der Waals surface area (Å²) in [5.74, 6) is 1.70. The molecule has 2 saturated heterocycles. The highest BCUT2D eigenvalue weighted by molar-refractivity contribution is 5.58. The van der Waals surface area contributed by atoms with Gasteiger partial charge in [-0.1, -0.05) is 0 Å². The Morgan fingerprint density at radius 2 is 1.95 bits per heavy atom. The standard InChI is InChI=1S/C15H25N5O/c1-21-14-10-12(16)11-18-15(14)20-6-2-13(3-7-20)19-8-4-17-5-9-19/h10-11,13,17H,2-9,16H2,1H3. The predicted octanol–water partition coefficient (Wildman–Crippen LogP) is 0.546. The molecule has 0 atom stereocenters. The number of rotatable bonds is 3. The third-order valence-corrected chi connectivity index (χ3v) is 4.51. The second-order valence-corrected chi connectivity index (χ2v) is 5.80. The van der Waals surface area contributed by atoms with Gasteiger partial charge in [0.05, 0.1) is 19.0 Å². The van der Waals surface area contributed by atoms with Crippen LogP contribution in [0.4, 0.5) is 11.5 Å². The van der Waals surface area contributed by atoms with Gasteiger partial charge in [-0.3, -0.25) is 4.90 Å². The zero-order chi connectivity index (χ0) is 14.7. The molecule has 116 valence electrons. The number of methoxy groups -OCH3 is 1. The minimum Gasteiger partial charge on any atom is -0.493 e. The molecule has 0 spiro atoms. The van der Waals surface area contributed by atoms with Crippen LogP contribution in [0.15, 0.2) is 12.3 Å². The average Bonchev–Trinajstić information content (AvgIpc) is 2.56. The molecular weight excluding hydrogens is 266 g/mol. The van der Waals surface area contributed by atoms with Crippen molar-refractivity contribution in [2.45, 2.75) is 18.9 Å². The van der Waals surface area contributed by atoms with Crippen molar-refractivity contribution >= 4 is 11.5 Å². The first-order valence-electron chi connectivity index (χ1n) is 7.77. The second kappa shape index (κ2) is 6.49. The van der Waals surface area contributed by atoms with Gasteiger partial charge in [0, 0.05) is 51.4 Å². The summed E-state index contributed by atoms with van der Waals surface area (Å²) in [6.07, 6.45) is 4.09. The fraction of sp³-hybridized carbons (Fsp3) is 0.667. The van der Waals surface area contributed by atoms with Crippen LogP contribution < -0.4 is 20.7 Å². The summed E-state index contributed by atoms with van der Waals surface area (Å²) in [7, 11) is 1.67. The Kier molecular flexibility index (Phi) is 4.45. The molecule has 0 unspecified atom stereocenters. The van der Waals surface area contributed by atoms with Gasteiger partial charge in [-0.15, -0.1) is 0 Å². The highest BCUT2D eigenvalue weighted by Gasteiger charge is 2.27. The lowest BCUT2D eigenvalue weighted by molar-refractivity contribution is 0.150. The Morgan fingerprint density at radius 3 is 2.62 bits per heavy atom. The van der Waals surface area contributed by atoms with Crippen LogP contribution in [0.3, 0.4) is 0 Å². The van der Waals surface area contributed by atoms with E-state index in [-0.39, 0.29) is 0 Å². The van der Waals surface area contributed by atoms with Gasteiger partial charge in [0.15, 0.2) is 11.6 Å². The zero-order valence-electron chi connectivity index (χ0n) is 12.7. The van der Waals surface area contributed by atoms with Crippen LogP contribution in [0, 0.1) is 0 Å². The van der Waals surface area contributed by atoms with E-state index < -0.39 is 0 Å². The van der Waals surface area contributed by atoms with E-state index in [0.29, 0.717) is 11.7 Å². The molecule has 6 heteroatoms. The Balaban J connectivity index is 1.62. The Morgan fingerprint density at radius 1 is 1.24 bits per heavy atom. The maximum Gasteiger partial charge on any atom is 0.171 e. The van der Waals surface area contributed by atoms with Crippen molar-refractivity contribution in [3.8, 4) is 5.75 Å². The molecule has 0 radical (unpaired) electrons. The highest BCUT2D eigenvalue weighted by Crippen LogP contribution is 2.30.